The standard InChI is InChI=1S/C13H17BrO2/c1-13(7-10(13)8-14)9-4-5-11(15-2)12(6-9)16-3/h4-6,10H,7-8H2,1-3H3. The van der Waals surface area contributed by atoms with Gasteiger partial charge in [-0.25, -0.2) is 0 Å². The third-order valence-electron chi connectivity index (χ3n) is 3.64. The van der Waals surface area contributed by atoms with Crippen molar-refractivity contribution in [1.82, 2.24) is 0 Å². The fourth-order valence-electron chi connectivity index (χ4n) is 2.22. The van der Waals surface area contributed by atoms with E-state index in [9.17, 15) is 0 Å². The van der Waals surface area contributed by atoms with Gasteiger partial charge in [-0.15, -0.1) is 0 Å². The summed E-state index contributed by atoms with van der Waals surface area (Å²) in [6.45, 7) is 2.31. The van der Waals surface area contributed by atoms with Crippen molar-refractivity contribution in [3.05, 3.63) is 23.8 Å². The largest absolute Gasteiger partial charge is 0.493 e. The van der Waals surface area contributed by atoms with Crippen LogP contribution in [0.3, 0.4) is 0 Å². The molecule has 0 spiro atoms. The molecule has 1 fully saturated rings. The maximum absolute atomic E-state index is 5.33. The fraction of sp³-hybridized carbons (Fsp3) is 0.538. The Hall–Kier alpha value is -0.700. The van der Waals surface area contributed by atoms with Crippen LogP contribution in [0.2, 0.25) is 0 Å². The van der Waals surface area contributed by atoms with E-state index in [-0.39, 0.29) is 0 Å². The van der Waals surface area contributed by atoms with E-state index in [1.165, 1.54) is 12.0 Å². The van der Waals surface area contributed by atoms with Crippen LogP contribution in [0.15, 0.2) is 18.2 Å². The minimum absolute atomic E-state index is 0.309. The van der Waals surface area contributed by atoms with E-state index in [4.69, 9.17) is 9.47 Å². The molecule has 0 aromatic heterocycles. The van der Waals surface area contributed by atoms with Crippen molar-refractivity contribution in [2.75, 3.05) is 19.5 Å². The van der Waals surface area contributed by atoms with Crippen LogP contribution in [0, 0.1) is 5.92 Å². The monoisotopic (exact) mass is 284 g/mol. The van der Waals surface area contributed by atoms with Crippen molar-refractivity contribution in [2.24, 2.45) is 5.92 Å². The predicted octanol–water partition coefficient (Wildman–Crippen LogP) is 3.38. The number of alkyl halides is 1. The van der Waals surface area contributed by atoms with Gasteiger partial charge < -0.3 is 9.47 Å². The van der Waals surface area contributed by atoms with E-state index in [0.29, 0.717) is 5.41 Å². The summed E-state index contributed by atoms with van der Waals surface area (Å²) in [5.41, 5.74) is 1.65. The smallest absolute Gasteiger partial charge is 0.161 e. The molecule has 2 rings (SSSR count). The van der Waals surface area contributed by atoms with Crippen LogP contribution in [0.5, 0.6) is 11.5 Å². The van der Waals surface area contributed by atoms with E-state index in [2.05, 4.69) is 35.0 Å². The molecule has 1 aliphatic rings. The third-order valence-corrected chi connectivity index (χ3v) is 4.42. The van der Waals surface area contributed by atoms with Crippen LogP contribution in [-0.4, -0.2) is 19.5 Å². The molecule has 2 nitrogen and oxygen atoms in total. The lowest BCUT2D eigenvalue weighted by Crippen LogP contribution is -2.05. The molecule has 1 aliphatic carbocycles. The van der Waals surface area contributed by atoms with Gasteiger partial charge in [0.1, 0.15) is 0 Å². The molecule has 3 heteroatoms. The highest BCUT2D eigenvalue weighted by Gasteiger charge is 2.50. The Morgan fingerprint density at radius 1 is 1.31 bits per heavy atom. The van der Waals surface area contributed by atoms with Crippen LogP contribution in [0.4, 0.5) is 0 Å². The van der Waals surface area contributed by atoms with Crippen molar-refractivity contribution >= 4 is 15.9 Å². The fourth-order valence-corrected chi connectivity index (χ4v) is 3.17. The SMILES string of the molecule is COc1ccc(C2(C)CC2CBr)cc1OC. The summed E-state index contributed by atoms with van der Waals surface area (Å²) in [5, 5.41) is 1.07. The van der Waals surface area contributed by atoms with Crippen LogP contribution >= 0.6 is 15.9 Å². The van der Waals surface area contributed by atoms with Crippen molar-refractivity contribution in [1.29, 1.82) is 0 Å². The molecule has 0 radical (unpaired) electrons. The molecular formula is C13H17BrO2. The predicted molar refractivity (Wildman–Crippen MR) is 68.8 cm³/mol. The maximum Gasteiger partial charge on any atom is 0.161 e. The highest BCUT2D eigenvalue weighted by molar-refractivity contribution is 9.09. The first-order chi connectivity index (χ1) is 7.65. The number of rotatable bonds is 4. The zero-order valence-corrected chi connectivity index (χ0v) is 11.5. The molecule has 0 bridgehead atoms. The van der Waals surface area contributed by atoms with Crippen LogP contribution in [-0.2, 0) is 5.41 Å². The Bertz CT molecular complexity index is 392. The van der Waals surface area contributed by atoms with Crippen LogP contribution in [0.25, 0.3) is 0 Å². The van der Waals surface area contributed by atoms with Gasteiger partial charge in [-0.2, -0.15) is 0 Å². The zero-order valence-electron chi connectivity index (χ0n) is 9.92. The Morgan fingerprint density at radius 2 is 2.00 bits per heavy atom. The highest BCUT2D eigenvalue weighted by atomic mass is 79.9. The normalized spacial score (nSPS) is 27.6. The van der Waals surface area contributed by atoms with Crippen molar-refractivity contribution < 1.29 is 9.47 Å². The molecule has 0 N–H and O–H groups in total. The molecular weight excluding hydrogens is 268 g/mol. The zero-order chi connectivity index (χ0) is 11.8. The lowest BCUT2D eigenvalue weighted by molar-refractivity contribution is 0.354. The van der Waals surface area contributed by atoms with Gasteiger partial charge in [0, 0.05) is 5.33 Å². The van der Waals surface area contributed by atoms with E-state index < -0.39 is 0 Å². The molecule has 0 heterocycles. The quantitative estimate of drug-likeness (QED) is 0.790. The Kier molecular flexibility index (Phi) is 3.15. The number of methoxy groups -OCH3 is 2. The summed E-state index contributed by atoms with van der Waals surface area (Å²) >= 11 is 3.56. The van der Waals surface area contributed by atoms with E-state index in [0.717, 1.165) is 22.7 Å². The lowest BCUT2D eigenvalue weighted by atomic mass is 9.95. The first-order valence-corrected chi connectivity index (χ1v) is 6.56. The van der Waals surface area contributed by atoms with Gasteiger partial charge in [0.05, 0.1) is 14.2 Å². The molecule has 1 aromatic rings. The first kappa shape index (κ1) is 11.8. The third kappa shape index (κ3) is 1.81. The molecule has 0 aliphatic heterocycles. The van der Waals surface area contributed by atoms with Gasteiger partial charge in [-0.1, -0.05) is 28.9 Å². The minimum Gasteiger partial charge on any atom is -0.493 e. The molecule has 0 saturated heterocycles. The van der Waals surface area contributed by atoms with E-state index in [1.54, 1.807) is 14.2 Å². The highest BCUT2D eigenvalue weighted by Crippen LogP contribution is 2.55. The van der Waals surface area contributed by atoms with Crippen LogP contribution < -0.4 is 9.47 Å². The number of benzene rings is 1. The Balaban J connectivity index is 2.30. The van der Waals surface area contributed by atoms with Crippen molar-refractivity contribution in [3.8, 4) is 11.5 Å². The summed E-state index contributed by atoms with van der Waals surface area (Å²) in [4.78, 5) is 0. The molecule has 1 aromatic carbocycles. The van der Waals surface area contributed by atoms with E-state index in [1.807, 2.05) is 6.07 Å². The van der Waals surface area contributed by atoms with Crippen LogP contribution in [0.1, 0.15) is 18.9 Å². The average Bonchev–Trinajstić information content (AvgIpc) is 3.01. The van der Waals surface area contributed by atoms with Gasteiger partial charge in [0.2, 0.25) is 0 Å². The maximum atomic E-state index is 5.33. The Labute approximate surface area is 105 Å². The number of hydrogen-bond donors (Lipinski definition) is 0. The molecule has 1 saturated carbocycles. The molecule has 88 valence electrons. The summed E-state index contributed by atoms with van der Waals surface area (Å²) in [7, 11) is 3.34. The molecule has 2 unspecified atom stereocenters. The van der Waals surface area contributed by atoms with Gasteiger partial charge in [-0.05, 0) is 35.4 Å². The average molecular weight is 285 g/mol. The van der Waals surface area contributed by atoms with Gasteiger partial charge in [0.25, 0.3) is 0 Å². The summed E-state index contributed by atoms with van der Waals surface area (Å²) in [6, 6.07) is 6.23. The summed E-state index contributed by atoms with van der Waals surface area (Å²) in [5.74, 6) is 2.36. The first-order valence-electron chi connectivity index (χ1n) is 5.44. The summed E-state index contributed by atoms with van der Waals surface area (Å²) in [6.07, 6.45) is 1.24. The second-order valence-corrected chi connectivity index (χ2v) is 5.19. The molecule has 2 atom stereocenters. The second-order valence-electron chi connectivity index (χ2n) is 4.54. The van der Waals surface area contributed by atoms with Gasteiger partial charge in [-0.3, -0.25) is 0 Å². The Morgan fingerprint density at radius 3 is 2.50 bits per heavy atom. The topological polar surface area (TPSA) is 18.5 Å². The number of hydrogen-bond acceptors (Lipinski definition) is 2. The molecule has 0 amide bonds. The lowest BCUT2D eigenvalue weighted by Gasteiger charge is -2.14. The van der Waals surface area contributed by atoms with Gasteiger partial charge in [0.15, 0.2) is 11.5 Å². The van der Waals surface area contributed by atoms with Gasteiger partial charge >= 0.3 is 0 Å². The second kappa shape index (κ2) is 4.28. The molecule has 16 heavy (non-hydrogen) atoms. The van der Waals surface area contributed by atoms with E-state index >= 15 is 0 Å². The number of ether oxygens (including phenoxy) is 2. The number of halogens is 1. The van der Waals surface area contributed by atoms with Crippen molar-refractivity contribution in [3.63, 3.8) is 0 Å². The summed E-state index contributed by atoms with van der Waals surface area (Å²) < 4.78 is 10.6. The minimum atomic E-state index is 0.309. The van der Waals surface area contributed by atoms with Crippen molar-refractivity contribution in [2.45, 2.75) is 18.8 Å².